The normalized spacial score (nSPS) is 10.5. The van der Waals surface area contributed by atoms with Crippen molar-refractivity contribution < 1.29 is 14.6 Å². The molecule has 0 fully saturated rings. The van der Waals surface area contributed by atoms with E-state index in [4.69, 9.17) is 9.84 Å². The monoisotopic (exact) mass is 294 g/mol. The molecule has 0 aliphatic rings. The molecule has 0 aliphatic heterocycles. The van der Waals surface area contributed by atoms with Crippen molar-refractivity contribution in [3.63, 3.8) is 0 Å². The van der Waals surface area contributed by atoms with E-state index in [9.17, 15) is 4.79 Å². The molecule has 0 saturated heterocycles. The average molecular weight is 295 g/mol. The first-order valence-corrected chi connectivity index (χ1v) is 5.84. The Balaban J connectivity index is 2.81. The largest absolute Gasteiger partial charge is 0.496 e. The molecule has 88 valence electrons. The third-order valence-corrected chi connectivity index (χ3v) is 3.53. The second kappa shape index (κ2) is 4.37. The number of hydrogen-bond acceptors (Lipinski definition) is 2. The molecule has 0 amide bonds. The van der Waals surface area contributed by atoms with Gasteiger partial charge in [0.2, 0.25) is 0 Å². The van der Waals surface area contributed by atoms with E-state index in [1.54, 1.807) is 20.1 Å². The zero-order chi connectivity index (χ0) is 12.6. The fourth-order valence-electron chi connectivity index (χ4n) is 1.82. The van der Waals surface area contributed by atoms with Crippen LogP contribution in [-0.2, 0) is 0 Å². The summed E-state index contributed by atoms with van der Waals surface area (Å²) in [4.78, 5) is 11.1. The van der Waals surface area contributed by atoms with E-state index in [0.717, 1.165) is 20.8 Å². The lowest BCUT2D eigenvalue weighted by atomic mass is 10.0. The molecule has 2 aromatic carbocycles. The van der Waals surface area contributed by atoms with Gasteiger partial charge in [0.15, 0.2) is 0 Å². The number of methoxy groups -OCH3 is 1. The summed E-state index contributed by atoms with van der Waals surface area (Å²) in [5.74, 6) is -0.225. The number of carboxylic acid groups (broad SMARTS) is 1. The molecule has 0 aliphatic carbocycles. The minimum Gasteiger partial charge on any atom is -0.496 e. The van der Waals surface area contributed by atoms with E-state index in [1.165, 1.54) is 0 Å². The predicted molar refractivity (Wildman–Crippen MR) is 69.9 cm³/mol. The molecule has 0 radical (unpaired) electrons. The molecule has 1 N–H and O–H groups in total. The first-order chi connectivity index (χ1) is 8.04. The lowest BCUT2D eigenvalue weighted by Gasteiger charge is -2.09. The second-order valence-corrected chi connectivity index (χ2v) is 4.57. The van der Waals surface area contributed by atoms with Crippen molar-refractivity contribution in [1.29, 1.82) is 0 Å². The van der Waals surface area contributed by atoms with Gasteiger partial charge in [-0.25, -0.2) is 4.79 Å². The number of fused-ring (bicyclic) bond motifs is 1. The van der Waals surface area contributed by atoms with Gasteiger partial charge in [0.25, 0.3) is 0 Å². The lowest BCUT2D eigenvalue weighted by Crippen LogP contribution is -1.99. The van der Waals surface area contributed by atoms with Gasteiger partial charge in [-0.05, 0) is 45.9 Å². The number of benzene rings is 2. The van der Waals surface area contributed by atoms with E-state index in [0.29, 0.717) is 11.3 Å². The highest BCUT2D eigenvalue weighted by Crippen LogP contribution is 2.34. The van der Waals surface area contributed by atoms with Crippen molar-refractivity contribution in [2.45, 2.75) is 6.92 Å². The summed E-state index contributed by atoms with van der Waals surface area (Å²) in [5, 5.41) is 10.9. The number of carbonyl (C=O) groups is 1. The van der Waals surface area contributed by atoms with Crippen molar-refractivity contribution in [3.05, 3.63) is 39.9 Å². The quantitative estimate of drug-likeness (QED) is 0.920. The molecule has 0 saturated carbocycles. The SMILES string of the molecule is COc1ccc2cc(C)c(C(=O)O)cc2c1Br. The Morgan fingerprint density at radius 3 is 2.65 bits per heavy atom. The predicted octanol–water partition coefficient (Wildman–Crippen LogP) is 3.62. The summed E-state index contributed by atoms with van der Waals surface area (Å²) in [6, 6.07) is 7.30. The summed E-state index contributed by atoms with van der Waals surface area (Å²) < 4.78 is 5.97. The first kappa shape index (κ1) is 11.9. The maximum Gasteiger partial charge on any atom is 0.335 e. The maximum atomic E-state index is 11.1. The zero-order valence-electron chi connectivity index (χ0n) is 9.45. The topological polar surface area (TPSA) is 46.5 Å². The van der Waals surface area contributed by atoms with Crippen molar-refractivity contribution in [3.8, 4) is 5.75 Å². The van der Waals surface area contributed by atoms with E-state index in [-0.39, 0.29) is 0 Å². The third-order valence-electron chi connectivity index (χ3n) is 2.71. The average Bonchev–Trinajstić information content (AvgIpc) is 2.28. The molecule has 0 atom stereocenters. The van der Waals surface area contributed by atoms with E-state index in [2.05, 4.69) is 15.9 Å². The van der Waals surface area contributed by atoms with Crippen molar-refractivity contribution in [1.82, 2.24) is 0 Å². The molecule has 17 heavy (non-hydrogen) atoms. The number of halogens is 1. The molecule has 0 spiro atoms. The van der Waals surface area contributed by atoms with Gasteiger partial charge in [-0.1, -0.05) is 12.1 Å². The molecule has 0 heterocycles. The smallest absolute Gasteiger partial charge is 0.335 e. The van der Waals surface area contributed by atoms with E-state index in [1.807, 2.05) is 18.2 Å². The molecular weight excluding hydrogens is 284 g/mol. The van der Waals surface area contributed by atoms with Crippen LogP contribution in [0.3, 0.4) is 0 Å². The van der Waals surface area contributed by atoms with Gasteiger partial charge in [-0.2, -0.15) is 0 Å². The minimum atomic E-state index is -0.917. The number of aryl methyl sites for hydroxylation is 1. The Labute approximate surface area is 107 Å². The summed E-state index contributed by atoms with van der Waals surface area (Å²) in [6.45, 7) is 1.79. The van der Waals surface area contributed by atoms with Crippen LogP contribution in [0.1, 0.15) is 15.9 Å². The van der Waals surface area contributed by atoms with Crippen LogP contribution in [0.2, 0.25) is 0 Å². The van der Waals surface area contributed by atoms with Crippen molar-refractivity contribution in [2.75, 3.05) is 7.11 Å². The second-order valence-electron chi connectivity index (χ2n) is 3.78. The zero-order valence-corrected chi connectivity index (χ0v) is 11.0. The van der Waals surface area contributed by atoms with Gasteiger partial charge in [0.05, 0.1) is 17.1 Å². The number of carboxylic acids is 1. The summed E-state index contributed by atoms with van der Waals surface area (Å²) in [6.07, 6.45) is 0. The van der Waals surface area contributed by atoms with Gasteiger partial charge in [-0.3, -0.25) is 0 Å². The van der Waals surface area contributed by atoms with Gasteiger partial charge in [0.1, 0.15) is 5.75 Å². The summed E-state index contributed by atoms with van der Waals surface area (Å²) >= 11 is 3.43. The van der Waals surface area contributed by atoms with E-state index >= 15 is 0 Å². The number of hydrogen-bond donors (Lipinski definition) is 1. The Morgan fingerprint density at radius 1 is 1.35 bits per heavy atom. The van der Waals surface area contributed by atoms with Gasteiger partial charge < -0.3 is 9.84 Å². The highest BCUT2D eigenvalue weighted by atomic mass is 79.9. The molecule has 3 nitrogen and oxygen atoms in total. The Bertz CT molecular complexity index is 605. The van der Waals surface area contributed by atoms with Crippen LogP contribution in [0.15, 0.2) is 28.7 Å². The fourth-order valence-corrected chi connectivity index (χ4v) is 2.46. The third kappa shape index (κ3) is 2.00. The summed E-state index contributed by atoms with van der Waals surface area (Å²) in [7, 11) is 1.58. The maximum absolute atomic E-state index is 11.1. The summed E-state index contributed by atoms with van der Waals surface area (Å²) in [5.41, 5.74) is 1.06. The Kier molecular flexibility index (Phi) is 3.07. The minimum absolute atomic E-state index is 0.312. The van der Waals surface area contributed by atoms with Gasteiger partial charge >= 0.3 is 5.97 Å². The Hall–Kier alpha value is -1.55. The molecule has 2 aromatic rings. The fraction of sp³-hybridized carbons (Fsp3) is 0.154. The van der Waals surface area contributed by atoms with Crippen LogP contribution in [0, 0.1) is 6.92 Å². The molecule has 2 rings (SSSR count). The molecule has 4 heteroatoms. The van der Waals surface area contributed by atoms with Crippen LogP contribution in [0.5, 0.6) is 5.75 Å². The van der Waals surface area contributed by atoms with Crippen LogP contribution in [-0.4, -0.2) is 18.2 Å². The highest BCUT2D eigenvalue weighted by molar-refractivity contribution is 9.10. The number of aromatic carboxylic acids is 1. The van der Waals surface area contributed by atoms with Crippen LogP contribution >= 0.6 is 15.9 Å². The highest BCUT2D eigenvalue weighted by Gasteiger charge is 2.12. The first-order valence-electron chi connectivity index (χ1n) is 5.04. The molecular formula is C13H11BrO3. The standard InChI is InChI=1S/C13H11BrO3/c1-7-5-8-3-4-11(17-2)12(14)10(8)6-9(7)13(15)16/h3-6H,1-2H3,(H,15,16). The lowest BCUT2D eigenvalue weighted by molar-refractivity contribution is 0.0696. The number of ether oxygens (including phenoxy) is 1. The molecule has 0 aromatic heterocycles. The van der Waals surface area contributed by atoms with Crippen LogP contribution in [0.4, 0.5) is 0 Å². The van der Waals surface area contributed by atoms with Gasteiger partial charge in [-0.15, -0.1) is 0 Å². The molecule has 0 bridgehead atoms. The van der Waals surface area contributed by atoms with Crippen molar-refractivity contribution in [2.24, 2.45) is 0 Å². The van der Waals surface area contributed by atoms with Crippen LogP contribution in [0.25, 0.3) is 10.8 Å². The Morgan fingerprint density at radius 2 is 2.06 bits per heavy atom. The van der Waals surface area contributed by atoms with E-state index < -0.39 is 5.97 Å². The number of rotatable bonds is 2. The van der Waals surface area contributed by atoms with Crippen LogP contribution < -0.4 is 4.74 Å². The van der Waals surface area contributed by atoms with Gasteiger partial charge in [0, 0.05) is 5.39 Å². The molecule has 0 unspecified atom stereocenters. The van der Waals surface area contributed by atoms with Crippen molar-refractivity contribution >= 4 is 32.7 Å².